The number of nitrogens with zero attached hydrogens (tertiary/aromatic N) is 6. The summed E-state index contributed by atoms with van der Waals surface area (Å²) in [5.74, 6) is 0.964. The van der Waals surface area contributed by atoms with Crippen LogP contribution >= 0.6 is 24.0 Å². The first kappa shape index (κ1) is 23.4. The van der Waals surface area contributed by atoms with Gasteiger partial charge in [-0.2, -0.15) is 5.10 Å². The van der Waals surface area contributed by atoms with Crippen molar-refractivity contribution in [2.75, 3.05) is 66.0 Å². The molecule has 0 radical (unpaired) electrons. The normalized spacial score (nSPS) is 23.4. The average molecular weight is 505 g/mol. The van der Waals surface area contributed by atoms with E-state index in [0.29, 0.717) is 12.6 Å². The largest absolute Gasteiger partial charge is 0.370 e. The smallest absolute Gasteiger partial charge is 0.193 e. The number of aryl methyl sites for hydroxylation is 1. The first-order chi connectivity index (χ1) is 13.1. The number of halogens is 1. The fraction of sp³-hybridized carbons (Fsp3) is 0.789. The molecule has 0 bridgehead atoms. The van der Waals surface area contributed by atoms with Crippen molar-refractivity contribution < 1.29 is 4.74 Å². The van der Waals surface area contributed by atoms with E-state index in [2.05, 4.69) is 44.0 Å². The van der Waals surface area contributed by atoms with Gasteiger partial charge in [0.15, 0.2) is 5.96 Å². The quantitative estimate of drug-likeness (QED) is 0.367. The Hall–Kier alpha value is -0.910. The molecule has 2 unspecified atom stereocenters. The highest BCUT2D eigenvalue weighted by molar-refractivity contribution is 14.0. The van der Waals surface area contributed by atoms with Crippen LogP contribution in [-0.4, -0.2) is 102 Å². The lowest BCUT2D eigenvalue weighted by Gasteiger charge is -2.39. The summed E-state index contributed by atoms with van der Waals surface area (Å²) in [5.41, 5.74) is 1.12. The molecule has 160 valence electrons. The number of rotatable bonds is 5. The third-order valence-electron chi connectivity index (χ3n) is 5.71. The fourth-order valence-corrected chi connectivity index (χ4v) is 3.87. The van der Waals surface area contributed by atoms with Gasteiger partial charge in [0, 0.05) is 71.2 Å². The number of likely N-dealkylation sites (N-methyl/N-ethyl adjacent to an activating group) is 1. The van der Waals surface area contributed by atoms with E-state index in [1.165, 1.54) is 13.1 Å². The maximum Gasteiger partial charge on any atom is 0.193 e. The van der Waals surface area contributed by atoms with Gasteiger partial charge in [0.05, 0.1) is 19.3 Å². The van der Waals surface area contributed by atoms with Crippen LogP contribution in [0, 0.1) is 0 Å². The van der Waals surface area contributed by atoms with Crippen LogP contribution in [0.4, 0.5) is 0 Å². The molecule has 2 aliphatic rings. The number of hydrogen-bond donors (Lipinski definition) is 1. The summed E-state index contributed by atoms with van der Waals surface area (Å²) in [6.45, 7) is 13.6. The Labute approximate surface area is 186 Å². The highest BCUT2D eigenvalue weighted by atomic mass is 127. The summed E-state index contributed by atoms with van der Waals surface area (Å²) in [6.07, 6.45) is 3.97. The third-order valence-corrected chi connectivity index (χ3v) is 5.71. The van der Waals surface area contributed by atoms with Crippen LogP contribution in [0.2, 0.25) is 0 Å². The van der Waals surface area contributed by atoms with Gasteiger partial charge in [-0.05, 0) is 13.5 Å². The van der Waals surface area contributed by atoms with Crippen molar-refractivity contribution >= 4 is 29.9 Å². The van der Waals surface area contributed by atoms with E-state index in [-0.39, 0.29) is 30.1 Å². The summed E-state index contributed by atoms with van der Waals surface area (Å²) in [6, 6.07) is 0.496. The van der Waals surface area contributed by atoms with Crippen molar-refractivity contribution in [3.63, 3.8) is 0 Å². The van der Waals surface area contributed by atoms with Gasteiger partial charge < -0.3 is 19.9 Å². The molecule has 0 aromatic carbocycles. The minimum absolute atomic E-state index is 0. The van der Waals surface area contributed by atoms with Gasteiger partial charge in [0.1, 0.15) is 6.10 Å². The van der Waals surface area contributed by atoms with E-state index in [9.17, 15) is 0 Å². The first-order valence-electron chi connectivity index (χ1n) is 10.1. The van der Waals surface area contributed by atoms with E-state index in [1.54, 1.807) is 0 Å². The Bertz CT molecular complexity index is 615. The monoisotopic (exact) mass is 505 g/mol. The van der Waals surface area contributed by atoms with E-state index in [0.717, 1.165) is 50.8 Å². The Morgan fingerprint density at radius 2 is 2.07 bits per heavy atom. The van der Waals surface area contributed by atoms with Gasteiger partial charge >= 0.3 is 0 Å². The Morgan fingerprint density at radius 3 is 2.68 bits per heavy atom. The van der Waals surface area contributed by atoms with Crippen molar-refractivity contribution in [2.24, 2.45) is 12.0 Å². The minimum Gasteiger partial charge on any atom is -0.370 e. The van der Waals surface area contributed by atoms with Gasteiger partial charge in [-0.1, -0.05) is 6.92 Å². The van der Waals surface area contributed by atoms with Gasteiger partial charge in [-0.3, -0.25) is 14.6 Å². The highest BCUT2D eigenvalue weighted by Crippen LogP contribution is 2.21. The predicted octanol–water partition coefficient (Wildman–Crippen LogP) is 1.01. The van der Waals surface area contributed by atoms with Crippen molar-refractivity contribution in [3.8, 4) is 0 Å². The van der Waals surface area contributed by atoms with Gasteiger partial charge in [0.25, 0.3) is 0 Å². The van der Waals surface area contributed by atoms with Crippen LogP contribution in [-0.2, 0) is 11.8 Å². The second-order valence-corrected chi connectivity index (χ2v) is 7.50. The molecule has 8 nitrogen and oxygen atoms in total. The molecule has 2 aliphatic heterocycles. The Balaban J connectivity index is 0.00000280. The zero-order valence-corrected chi connectivity index (χ0v) is 20.0. The molecule has 2 atom stereocenters. The van der Waals surface area contributed by atoms with E-state index in [1.807, 2.05) is 31.2 Å². The number of piperazine rings is 1. The van der Waals surface area contributed by atoms with Gasteiger partial charge in [-0.25, -0.2) is 0 Å². The minimum atomic E-state index is 0. The molecule has 3 heterocycles. The number of morpholine rings is 1. The molecule has 28 heavy (non-hydrogen) atoms. The Morgan fingerprint density at radius 1 is 1.32 bits per heavy atom. The number of ether oxygens (including phenoxy) is 1. The standard InChI is InChI=1S/C19H35N7O.HI/c1-5-24-6-8-25(9-7-24)16(2)12-21-19(20-3)26-10-11-27-18(15-26)17-13-22-23(4)14-17;/h13-14,16,18H,5-12,15H2,1-4H3,(H,20,21);1H. The van der Waals surface area contributed by atoms with Crippen molar-refractivity contribution in [3.05, 3.63) is 18.0 Å². The summed E-state index contributed by atoms with van der Waals surface area (Å²) >= 11 is 0. The molecule has 2 saturated heterocycles. The zero-order valence-electron chi connectivity index (χ0n) is 17.7. The summed E-state index contributed by atoms with van der Waals surface area (Å²) in [4.78, 5) is 11.9. The topological polar surface area (TPSA) is 61.2 Å². The molecule has 1 N–H and O–H groups in total. The zero-order chi connectivity index (χ0) is 19.2. The van der Waals surface area contributed by atoms with E-state index in [4.69, 9.17) is 4.74 Å². The van der Waals surface area contributed by atoms with Crippen LogP contribution in [0.15, 0.2) is 17.4 Å². The Kier molecular flexibility index (Phi) is 9.45. The third kappa shape index (κ3) is 6.04. The lowest BCUT2D eigenvalue weighted by atomic mass is 10.1. The number of aliphatic imine (C=N–C) groups is 1. The molecule has 0 saturated carbocycles. The number of nitrogens with one attached hydrogen (secondary N) is 1. The molecular formula is C19H36IN7O. The van der Waals surface area contributed by atoms with Crippen molar-refractivity contribution in [1.82, 2.24) is 29.8 Å². The summed E-state index contributed by atoms with van der Waals surface area (Å²) in [5, 5.41) is 7.85. The molecular weight excluding hydrogens is 469 g/mol. The SMILES string of the molecule is CCN1CCN(C(C)CNC(=NC)N2CCOC(c3cnn(C)c3)C2)CC1.I. The van der Waals surface area contributed by atoms with Crippen LogP contribution in [0.3, 0.4) is 0 Å². The fourth-order valence-electron chi connectivity index (χ4n) is 3.87. The van der Waals surface area contributed by atoms with Crippen LogP contribution in [0.1, 0.15) is 25.5 Å². The van der Waals surface area contributed by atoms with E-state index < -0.39 is 0 Å². The first-order valence-corrected chi connectivity index (χ1v) is 10.1. The second-order valence-electron chi connectivity index (χ2n) is 7.50. The summed E-state index contributed by atoms with van der Waals surface area (Å²) in [7, 11) is 3.80. The van der Waals surface area contributed by atoms with Crippen molar-refractivity contribution in [1.29, 1.82) is 0 Å². The molecule has 0 aliphatic carbocycles. The molecule has 9 heteroatoms. The van der Waals surface area contributed by atoms with Crippen LogP contribution < -0.4 is 5.32 Å². The lowest BCUT2D eigenvalue weighted by Crippen LogP contribution is -2.54. The lowest BCUT2D eigenvalue weighted by molar-refractivity contribution is -0.00816. The predicted molar refractivity (Wildman–Crippen MR) is 123 cm³/mol. The molecule has 1 aromatic rings. The van der Waals surface area contributed by atoms with E-state index >= 15 is 0 Å². The summed E-state index contributed by atoms with van der Waals surface area (Å²) < 4.78 is 7.78. The van der Waals surface area contributed by atoms with Gasteiger partial charge in [-0.15, -0.1) is 24.0 Å². The molecule has 3 rings (SSSR count). The molecule has 0 amide bonds. The van der Waals surface area contributed by atoms with Crippen molar-refractivity contribution in [2.45, 2.75) is 26.0 Å². The second kappa shape index (κ2) is 11.3. The van der Waals surface area contributed by atoms with Gasteiger partial charge in [0.2, 0.25) is 0 Å². The number of guanidine groups is 1. The number of hydrogen-bond acceptors (Lipinski definition) is 5. The average Bonchev–Trinajstić information content (AvgIpc) is 3.15. The highest BCUT2D eigenvalue weighted by Gasteiger charge is 2.26. The molecule has 2 fully saturated rings. The molecule has 0 spiro atoms. The maximum atomic E-state index is 5.95. The number of aromatic nitrogens is 2. The molecule has 1 aromatic heterocycles. The van der Waals surface area contributed by atoms with Crippen LogP contribution in [0.25, 0.3) is 0 Å². The van der Waals surface area contributed by atoms with Crippen LogP contribution in [0.5, 0.6) is 0 Å². The maximum absolute atomic E-state index is 5.95.